The molecule has 5 heteroatoms. The first-order chi connectivity index (χ1) is 45.6. The fourth-order valence-electron chi connectivity index (χ4n) is 10.5. The number of ether oxygens (including phenoxy) is 1. The Morgan fingerprint density at radius 1 is 0.237 bits per heavy atom. The number of hydrogen-bond donors (Lipinski definition) is 0. The Kier molecular flexibility index (Phi) is 27.5. The van der Waals surface area contributed by atoms with Crippen molar-refractivity contribution in [3.63, 3.8) is 0 Å². The summed E-state index contributed by atoms with van der Waals surface area (Å²) < 4.78 is 31.0. The summed E-state index contributed by atoms with van der Waals surface area (Å²) in [6, 6.07) is 65.9. The molecule has 0 amide bonds. The molecule has 97 heavy (non-hydrogen) atoms. The van der Waals surface area contributed by atoms with Gasteiger partial charge < -0.3 is 4.74 Å². The maximum atomic E-state index is 12.6. The third-order valence-corrected chi connectivity index (χ3v) is 21.1. The van der Waals surface area contributed by atoms with Crippen LogP contribution in [0, 0.1) is 166 Å². The average molecular weight is 1310 g/mol. The van der Waals surface area contributed by atoms with Crippen LogP contribution in [0.15, 0.2) is 204 Å². The molecule has 0 atom stereocenters. The molecule has 0 aliphatic rings. The topological polar surface area (TPSA) is 60.4 Å². The highest BCUT2D eigenvalue weighted by Crippen LogP contribution is 2.29. The van der Waals surface area contributed by atoms with Gasteiger partial charge >= 0.3 is 0 Å². The van der Waals surface area contributed by atoms with E-state index in [1.807, 2.05) is 102 Å². The van der Waals surface area contributed by atoms with Gasteiger partial charge in [-0.05, 0) is 389 Å². The van der Waals surface area contributed by atoms with E-state index >= 15 is 0 Å². The van der Waals surface area contributed by atoms with Crippen LogP contribution < -0.4 is 4.74 Å². The molecule has 0 radical (unpaired) electrons. The minimum Gasteiger partial charge on any atom is -0.457 e. The first kappa shape index (κ1) is 76.9. The Balaban J connectivity index is 0.000000185. The number of benzene rings is 11. The summed E-state index contributed by atoms with van der Waals surface area (Å²) in [4.78, 5) is 13.1. The molecule has 0 spiro atoms. The van der Waals surface area contributed by atoms with Crippen LogP contribution in [0.5, 0.6) is 11.5 Å². The van der Waals surface area contributed by atoms with E-state index in [2.05, 4.69) is 234 Å². The number of ketones is 1. The quantitative estimate of drug-likeness (QED) is 0.135. The summed E-state index contributed by atoms with van der Waals surface area (Å²) in [5.74, 6) is 1.90. The first-order valence-corrected chi connectivity index (χ1v) is 35.3. The molecule has 11 aromatic carbocycles. The van der Waals surface area contributed by atoms with Crippen LogP contribution in [0.1, 0.15) is 161 Å². The summed E-state index contributed by atoms with van der Waals surface area (Å²) in [5, 5.41) is 0. The van der Waals surface area contributed by atoms with Gasteiger partial charge in [-0.2, -0.15) is 0 Å². The van der Waals surface area contributed by atoms with Crippen molar-refractivity contribution in [2.45, 2.75) is 182 Å². The third-order valence-electron chi connectivity index (χ3n) is 19.3. The Morgan fingerprint density at radius 3 is 0.753 bits per heavy atom. The van der Waals surface area contributed by atoms with E-state index in [0.717, 1.165) is 62.4 Å². The van der Waals surface area contributed by atoms with E-state index in [1.54, 1.807) is 24.3 Å². The molecule has 0 bridgehead atoms. The van der Waals surface area contributed by atoms with Crippen LogP contribution in [0.4, 0.5) is 0 Å². The molecule has 0 unspecified atom stereocenters. The van der Waals surface area contributed by atoms with Gasteiger partial charge in [-0.3, -0.25) is 4.79 Å². The number of hydrogen-bond acceptors (Lipinski definition) is 4. The van der Waals surface area contributed by atoms with Crippen molar-refractivity contribution in [2.75, 3.05) is 0 Å². The van der Waals surface area contributed by atoms with E-state index in [4.69, 9.17) is 4.74 Å². The van der Waals surface area contributed by atoms with Crippen LogP contribution in [0.3, 0.4) is 0 Å². The Labute approximate surface area is 584 Å². The molecular formula is C92H106O4S. The molecule has 0 saturated heterocycles. The van der Waals surface area contributed by atoms with Crippen molar-refractivity contribution < 1.29 is 17.9 Å². The molecule has 0 N–H and O–H groups in total. The van der Waals surface area contributed by atoms with Crippen molar-refractivity contribution in [3.8, 4) is 22.6 Å². The summed E-state index contributed by atoms with van der Waals surface area (Å²) in [6.07, 6.45) is 1.03. The van der Waals surface area contributed by atoms with Gasteiger partial charge in [0.25, 0.3) is 0 Å². The second kappa shape index (κ2) is 34.7. The van der Waals surface area contributed by atoms with E-state index in [-0.39, 0.29) is 5.78 Å². The van der Waals surface area contributed by atoms with Crippen molar-refractivity contribution in [2.24, 2.45) is 0 Å². The molecule has 0 fully saturated rings. The van der Waals surface area contributed by atoms with Gasteiger partial charge in [-0.1, -0.05) is 133 Å². The fraction of sp³-hybridized carbons (Fsp3) is 0.272. The predicted octanol–water partition coefficient (Wildman–Crippen LogP) is 24.6. The zero-order chi connectivity index (χ0) is 71.7. The standard InChI is InChI=1S/C17H18O.C17H20.C16H18O2S.C16H18O.C16H18.C10H14/c1-11-5-7-15(9-13(11)3)17(18)16-8-6-12(2)14(4)10-16;1-12-5-7-16(9-14(12)3)11-17-8-6-13(2)15(4)10-17;1-11-5-7-15(9-13(11)3)19(17,18)16-8-6-12(2)14(4)10-16;1-11-5-7-15(9-13(11)3)17-16-8-6-12(2)14(4)10-16;1-11-5-7-15(9-13(11)3)16-8-6-12(2)14(4)10-16;1-7-5-9(3)10(4)6-8(7)2/h5-10H,1-4H3;5-10H,11H2,1-4H3;5-10H,1-4H3;5-10H,1-4H3;5-10H,1-4H3;5-6H,1-4H3. The molecule has 504 valence electrons. The van der Waals surface area contributed by atoms with Crippen molar-refractivity contribution in [3.05, 3.63) is 350 Å². The van der Waals surface area contributed by atoms with E-state index < -0.39 is 9.84 Å². The number of carbonyl (C=O) groups is 1. The van der Waals surface area contributed by atoms with Crippen LogP contribution in [-0.2, 0) is 16.3 Å². The summed E-state index contributed by atoms with van der Waals surface area (Å²) in [5.41, 5.74) is 37.4. The summed E-state index contributed by atoms with van der Waals surface area (Å²) >= 11 is 0. The predicted molar refractivity (Wildman–Crippen MR) is 415 cm³/mol. The first-order valence-electron chi connectivity index (χ1n) is 33.8. The zero-order valence-electron chi connectivity index (χ0n) is 62.7. The number of sulfone groups is 1. The van der Waals surface area contributed by atoms with Crippen LogP contribution in [0.25, 0.3) is 11.1 Å². The normalized spacial score (nSPS) is 10.6. The second-order valence-electron chi connectivity index (χ2n) is 27.1. The minimum absolute atomic E-state index is 0.0983. The smallest absolute Gasteiger partial charge is 0.206 e. The lowest BCUT2D eigenvalue weighted by molar-refractivity contribution is 0.103. The lowest BCUT2D eigenvalue weighted by Gasteiger charge is -2.09. The largest absolute Gasteiger partial charge is 0.457 e. The van der Waals surface area contributed by atoms with E-state index in [1.165, 1.54) is 122 Å². The van der Waals surface area contributed by atoms with Gasteiger partial charge in [0.05, 0.1) is 9.79 Å². The van der Waals surface area contributed by atoms with Crippen LogP contribution in [0.2, 0.25) is 0 Å². The highest BCUT2D eigenvalue weighted by Gasteiger charge is 2.19. The molecule has 11 rings (SSSR count). The molecule has 11 aromatic rings. The number of rotatable bonds is 9. The van der Waals surface area contributed by atoms with E-state index in [0.29, 0.717) is 9.79 Å². The molecule has 0 heterocycles. The molecule has 0 aliphatic heterocycles. The lowest BCUT2D eigenvalue weighted by atomic mass is 9.97. The van der Waals surface area contributed by atoms with Crippen LogP contribution >= 0.6 is 0 Å². The molecular weight excluding hydrogens is 1200 g/mol. The van der Waals surface area contributed by atoms with Crippen molar-refractivity contribution in [1.29, 1.82) is 0 Å². The highest BCUT2D eigenvalue weighted by molar-refractivity contribution is 7.91. The van der Waals surface area contributed by atoms with Gasteiger partial charge in [0, 0.05) is 11.1 Å². The lowest BCUT2D eigenvalue weighted by Crippen LogP contribution is -2.03. The molecule has 0 saturated carbocycles. The zero-order valence-corrected chi connectivity index (χ0v) is 63.5. The molecule has 4 nitrogen and oxygen atoms in total. The monoisotopic (exact) mass is 1310 g/mol. The molecule has 0 aromatic heterocycles. The van der Waals surface area contributed by atoms with Gasteiger partial charge in [0.2, 0.25) is 9.84 Å². The van der Waals surface area contributed by atoms with Gasteiger partial charge in [0.15, 0.2) is 5.78 Å². The SMILES string of the molecule is Cc1cc(C)c(C)cc1C.Cc1ccc(-c2ccc(C)c(C)c2)cc1C.Cc1ccc(C(=O)c2ccc(C)c(C)c2)cc1C.Cc1ccc(Cc2ccc(C)c(C)c2)cc1C.Cc1ccc(Oc2ccc(C)c(C)c2)cc1C.Cc1ccc(S(=O)(=O)c2ccc(C)c(C)c2)cc1C. The third kappa shape index (κ3) is 21.9. The Hall–Kier alpha value is -9.16. The Morgan fingerprint density at radius 2 is 0.474 bits per heavy atom. The summed E-state index contributed by atoms with van der Waals surface area (Å²) in [6.45, 7) is 50.3. The number of carbonyl (C=O) groups excluding carboxylic acids is 1. The van der Waals surface area contributed by atoms with E-state index in [9.17, 15) is 13.2 Å². The van der Waals surface area contributed by atoms with Gasteiger partial charge in [0.1, 0.15) is 11.5 Å². The minimum atomic E-state index is -3.42. The Bertz CT molecular complexity index is 4300. The van der Waals surface area contributed by atoms with Crippen LogP contribution in [-0.4, -0.2) is 14.2 Å². The van der Waals surface area contributed by atoms with Gasteiger partial charge in [-0.25, -0.2) is 8.42 Å². The van der Waals surface area contributed by atoms with Crippen molar-refractivity contribution in [1.82, 2.24) is 0 Å². The maximum Gasteiger partial charge on any atom is 0.206 e. The van der Waals surface area contributed by atoms with Gasteiger partial charge in [-0.15, -0.1) is 0 Å². The second-order valence-corrected chi connectivity index (χ2v) is 29.1. The number of aryl methyl sites for hydroxylation is 24. The average Bonchev–Trinajstić information content (AvgIpc) is 0.865. The summed E-state index contributed by atoms with van der Waals surface area (Å²) in [7, 11) is -3.42. The molecule has 0 aliphatic carbocycles. The highest BCUT2D eigenvalue weighted by atomic mass is 32.2. The van der Waals surface area contributed by atoms with Crippen molar-refractivity contribution >= 4 is 15.6 Å². The maximum absolute atomic E-state index is 12.6. The fourth-order valence-corrected chi connectivity index (χ4v) is 12.0.